The Morgan fingerprint density at radius 3 is 2.80 bits per heavy atom. The molecule has 2 rings (SSSR count). The highest BCUT2D eigenvalue weighted by Crippen LogP contribution is 2.22. The van der Waals surface area contributed by atoms with Gasteiger partial charge in [-0.1, -0.05) is 24.3 Å². The van der Waals surface area contributed by atoms with Gasteiger partial charge in [-0.15, -0.1) is 5.10 Å². The lowest BCUT2D eigenvalue weighted by atomic mass is 10.3. The fourth-order valence-corrected chi connectivity index (χ4v) is 1.91. The van der Waals surface area contributed by atoms with Crippen molar-refractivity contribution >= 4 is 21.7 Å². The molecule has 0 radical (unpaired) electrons. The van der Waals surface area contributed by atoms with Crippen LogP contribution in [0.3, 0.4) is 0 Å². The van der Waals surface area contributed by atoms with Crippen molar-refractivity contribution in [1.82, 2.24) is 15.0 Å². The number of anilines is 1. The largest absolute Gasteiger partial charge is 0.381 e. The Bertz CT molecular complexity index is 478. The number of nitrogens with zero attached hydrogens (tertiary/aromatic N) is 3. The van der Waals surface area contributed by atoms with E-state index in [4.69, 9.17) is 5.73 Å². The standard InChI is InChI=1S/C10H11BrN4/c1-2-8-10(12)13-14-15(8)9-6-4-3-5-7(9)11/h3-6H,2,12H2,1H3. The van der Waals surface area contributed by atoms with Gasteiger partial charge in [-0.05, 0) is 34.5 Å². The van der Waals surface area contributed by atoms with E-state index >= 15 is 0 Å². The van der Waals surface area contributed by atoms with Gasteiger partial charge >= 0.3 is 0 Å². The van der Waals surface area contributed by atoms with Crippen molar-refractivity contribution in [3.05, 3.63) is 34.4 Å². The van der Waals surface area contributed by atoms with E-state index in [0.717, 1.165) is 22.3 Å². The maximum Gasteiger partial charge on any atom is 0.169 e. The fraction of sp³-hybridized carbons (Fsp3) is 0.200. The van der Waals surface area contributed by atoms with E-state index in [2.05, 4.69) is 26.2 Å². The Kier molecular flexibility index (Phi) is 2.73. The first-order valence-electron chi connectivity index (χ1n) is 4.69. The first kappa shape index (κ1) is 10.2. The van der Waals surface area contributed by atoms with E-state index in [-0.39, 0.29) is 0 Å². The van der Waals surface area contributed by atoms with Gasteiger partial charge in [0.25, 0.3) is 0 Å². The molecule has 0 atom stereocenters. The third-order valence-corrected chi connectivity index (χ3v) is 2.88. The molecule has 5 heteroatoms. The first-order chi connectivity index (χ1) is 7.24. The zero-order valence-corrected chi connectivity index (χ0v) is 9.90. The van der Waals surface area contributed by atoms with Gasteiger partial charge in [-0.25, -0.2) is 4.68 Å². The quantitative estimate of drug-likeness (QED) is 0.907. The van der Waals surface area contributed by atoms with Crippen molar-refractivity contribution in [3.8, 4) is 5.69 Å². The molecular weight excluding hydrogens is 256 g/mol. The smallest absolute Gasteiger partial charge is 0.169 e. The maximum absolute atomic E-state index is 5.73. The molecule has 0 spiro atoms. The molecule has 0 aliphatic heterocycles. The van der Waals surface area contributed by atoms with E-state index in [1.54, 1.807) is 4.68 Å². The minimum Gasteiger partial charge on any atom is -0.381 e. The second-order valence-electron chi connectivity index (χ2n) is 3.14. The van der Waals surface area contributed by atoms with Gasteiger partial charge in [0.15, 0.2) is 5.82 Å². The maximum atomic E-state index is 5.73. The van der Waals surface area contributed by atoms with E-state index in [9.17, 15) is 0 Å². The molecule has 0 unspecified atom stereocenters. The molecular formula is C10H11BrN4. The number of nitrogen functional groups attached to an aromatic ring is 1. The van der Waals surface area contributed by atoms with Crippen molar-refractivity contribution in [1.29, 1.82) is 0 Å². The summed E-state index contributed by atoms with van der Waals surface area (Å²) in [5.74, 6) is 0.494. The second kappa shape index (κ2) is 4.02. The number of nitrogens with two attached hydrogens (primary N) is 1. The molecule has 0 bridgehead atoms. The van der Waals surface area contributed by atoms with E-state index in [1.165, 1.54) is 0 Å². The summed E-state index contributed by atoms with van der Waals surface area (Å²) < 4.78 is 2.74. The predicted molar refractivity (Wildman–Crippen MR) is 62.8 cm³/mol. The lowest BCUT2D eigenvalue weighted by Gasteiger charge is -2.06. The Morgan fingerprint density at radius 1 is 1.40 bits per heavy atom. The monoisotopic (exact) mass is 266 g/mol. The van der Waals surface area contributed by atoms with Crippen LogP contribution < -0.4 is 5.73 Å². The molecule has 0 aliphatic rings. The first-order valence-corrected chi connectivity index (χ1v) is 5.48. The van der Waals surface area contributed by atoms with Crippen LogP contribution in [0.4, 0.5) is 5.82 Å². The molecule has 2 N–H and O–H groups in total. The van der Waals surface area contributed by atoms with Crippen LogP contribution in [0.1, 0.15) is 12.6 Å². The van der Waals surface area contributed by atoms with Crippen molar-refractivity contribution in [2.45, 2.75) is 13.3 Å². The molecule has 2 aromatic rings. The average molecular weight is 267 g/mol. The summed E-state index contributed by atoms with van der Waals surface area (Å²) >= 11 is 3.48. The van der Waals surface area contributed by atoms with Crippen LogP contribution in [-0.2, 0) is 6.42 Å². The molecule has 0 saturated carbocycles. The van der Waals surface area contributed by atoms with Crippen LogP contribution >= 0.6 is 15.9 Å². The zero-order chi connectivity index (χ0) is 10.8. The number of aromatic nitrogens is 3. The summed E-state index contributed by atoms with van der Waals surface area (Å²) in [6.45, 7) is 2.03. The molecule has 1 heterocycles. The predicted octanol–water partition coefficient (Wildman–Crippen LogP) is 2.17. The molecule has 0 fully saturated rings. The topological polar surface area (TPSA) is 56.7 Å². The summed E-state index contributed by atoms with van der Waals surface area (Å²) in [4.78, 5) is 0. The van der Waals surface area contributed by atoms with Gasteiger partial charge in [-0.3, -0.25) is 0 Å². The van der Waals surface area contributed by atoms with Crippen LogP contribution in [0.25, 0.3) is 5.69 Å². The van der Waals surface area contributed by atoms with Crippen LogP contribution in [-0.4, -0.2) is 15.0 Å². The minimum atomic E-state index is 0.494. The van der Waals surface area contributed by atoms with Gasteiger partial charge in [0.2, 0.25) is 0 Å². The highest BCUT2D eigenvalue weighted by Gasteiger charge is 2.11. The molecule has 0 saturated heterocycles. The summed E-state index contributed by atoms with van der Waals surface area (Å²) in [7, 11) is 0. The van der Waals surface area contributed by atoms with Crippen molar-refractivity contribution < 1.29 is 0 Å². The Balaban J connectivity index is 2.59. The normalized spacial score (nSPS) is 10.5. The van der Waals surface area contributed by atoms with Crippen LogP contribution in [0, 0.1) is 0 Å². The van der Waals surface area contributed by atoms with Gasteiger partial charge in [0.1, 0.15) is 0 Å². The number of hydrogen-bond donors (Lipinski definition) is 1. The summed E-state index contributed by atoms with van der Waals surface area (Å²) in [5.41, 5.74) is 7.62. The highest BCUT2D eigenvalue weighted by molar-refractivity contribution is 9.10. The Labute approximate surface area is 96.2 Å². The van der Waals surface area contributed by atoms with Crippen molar-refractivity contribution in [2.75, 3.05) is 5.73 Å². The number of hydrogen-bond acceptors (Lipinski definition) is 3. The third-order valence-electron chi connectivity index (χ3n) is 2.21. The Morgan fingerprint density at radius 2 is 2.13 bits per heavy atom. The van der Waals surface area contributed by atoms with Crippen LogP contribution in [0.5, 0.6) is 0 Å². The minimum absolute atomic E-state index is 0.494. The van der Waals surface area contributed by atoms with Crippen molar-refractivity contribution in [3.63, 3.8) is 0 Å². The highest BCUT2D eigenvalue weighted by atomic mass is 79.9. The van der Waals surface area contributed by atoms with E-state index < -0.39 is 0 Å². The van der Waals surface area contributed by atoms with Crippen LogP contribution in [0.15, 0.2) is 28.7 Å². The van der Waals surface area contributed by atoms with Gasteiger partial charge < -0.3 is 5.73 Å². The molecule has 15 heavy (non-hydrogen) atoms. The summed E-state index contributed by atoms with van der Waals surface area (Å²) in [5, 5.41) is 7.90. The molecule has 78 valence electrons. The lowest BCUT2D eigenvalue weighted by Crippen LogP contribution is -2.03. The number of rotatable bonds is 2. The third kappa shape index (κ3) is 1.74. The molecule has 1 aromatic carbocycles. The van der Waals surface area contributed by atoms with Crippen molar-refractivity contribution in [2.24, 2.45) is 0 Å². The Hall–Kier alpha value is -1.36. The van der Waals surface area contributed by atoms with Gasteiger partial charge in [-0.2, -0.15) is 0 Å². The lowest BCUT2D eigenvalue weighted by molar-refractivity contribution is 0.764. The SMILES string of the molecule is CCc1c(N)nnn1-c1ccccc1Br. The molecule has 4 nitrogen and oxygen atoms in total. The van der Waals surface area contributed by atoms with Gasteiger partial charge in [0.05, 0.1) is 11.4 Å². The molecule has 0 amide bonds. The average Bonchev–Trinajstić information content (AvgIpc) is 2.60. The summed E-state index contributed by atoms with van der Waals surface area (Å²) in [6, 6.07) is 7.85. The number of halogens is 1. The molecule has 0 aliphatic carbocycles. The van der Waals surface area contributed by atoms with Gasteiger partial charge in [0, 0.05) is 4.47 Å². The molecule has 1 aromatic heterocycles. The van der Waals surface area contributed by atoms with E-state index in [1.807, 2.05) is 31.2 Å². The van der Waals surface area contributed by atoms with Crippen LogP contribution in [0.2, 0.25) is 0 Å². The van der Waals surface area contributed by atoms with E-state index in [0.29, 0.717) is 5.82 Å². The number of para-hydroxylation sites is 1. The zero-order valence-electron chi connectivity index (χ0n) is 8.31. The number of benzene rings is 1. The fourth-order valence-electron chi connectivity index (χ4n) is 1.46. The second-order valence-corrected chi connectivity index (χ2v) is 3.99. The summed E-state index contributed by atoms with van der Waals surface area (Å²) in [6.07, 6.45) is 0.806.